The number of benzene rings is 2. The third-order valence-electron chi connectivity index (χ3n) is 4.65. The van der Waals surface area contributed by atoms with Gasteiger partial charge < -0.3 is 5.32 Å². The van der Waals surface area contributed by atoms with Crippen LogP contribution in [0.15, 0.2) is 48.7 Å². The number of non-ortho nitro benzene ring substituents is 1. The van der Waals surface area contributed by atoms with Crippen LogP contribution < -0.4 is 5.32 Å². The highest BCUT2D eigenvalue weighted by Crippen LogP contribution is 2.34. The fourth-order valence-corrected chi connectivity index (χ4v) is 4.09. The van der Waals surface area contributed by atoms with E-state index < -0.39 is 28.4 Å². The Bertz CT molecular complexity index is 1380. The highest BCUT2D eigenvalue weighted by atomic mass is 32.1. The van der Waals surface area contributed by atoms with E-state index in [0.717, 1.165) is 17.4 Å². The highest BCUT2D eigenvalue weighted by Gasteiger charge is 2.34. The van der Waals surface area contributed by atoms with Crippen LogP contribution in [0.2, 0.25) is 0 Å². The molecule has 0 fully saturated rings. The number of aromatic nitrogens is 2. The van der Waals surface area contributed by atoms with Crippen molar-refractivity contribution in [3.63, 3.8) is 0 Å². The van der Waals surface area contributed by atoms with Gasteiger partial charge in [-0.3, -0.25) is 19.3 Å². The van der Waals surface area contributed by atoms with Gasteiger partial charge in [-0.2, -0.15) is 13.2 Å². The molecule has 0 saturated heterocycles. The normalized spacial score (nSPS) is 11.7. The molecule has 164 valence electrons. The van der Waals surface area contributed by atoms with Crippen LogP contribution in [0, 0.1) is 22.9 Å². The van der Waals surface area contributed by atoms with Crippen molar-refractivity contribution in [3.05, 3.63) is 80.7 Å². The predicted octanol–water partition coefficient (Wildman–Crippen LogP) is 5.69. The monoisotopic (exact) mass is 464 g/mol. The Morgan fingerprint density at radius 2 is 1.97 bits per heavy atom. The van der Waals surface area contributed by atoms with Gasteiger partial charge in [-0.1, -0.05) is 23.5 Å². The Morgan fingerprint density at radius 3 is 2.62 bits per heavy atom. The summed E-state index contributed by atoms with van der Waals surface area (Å²) in [5, 5.41) is 13.3. The number of aryl methyl sites for hydroxylation is 1. The predicted molar refractivity (Wildman–Crippen MR) is 109 cm³/mol. The maximum Gasteiger partial charge on any atom is 0.419 e. The van der Waals surface area contributed by atoms with Gasteiger partial charge in [-0.25, -0.2) is 9.37 Å². The molecule has 0 aliphatic carbocycles. The van der Waals surface area contributed by atoms with Crippen molar-refractivity contribution < 1.29 is 27.3 Å². The molecule has 7 nitrogen and oxygen atoms in total. The second-order valence-electron chi connectivity index (χ2n) is 6.75. The third kappa shape index (κ3) is 3.91. The average molecular weight is 464 g/mol. The number of nitro groups is 1. The number of nitro benzene ring substituents is 1. The van der Waals surface area contributed by atoms with Crippen LogP contribution in [0.25, 0.3) is 16.2 Å². The fraction of sp³-hybridized carbons (Fsp3) is 0.100. The molecule has 0 aliphatic rings. The molecule has 2 aromatic carbocycles. The summed E-state index contributed by atoms with van der Waals surface area (Å²) in [7, 11) is 0. The van der Waals surface area contributed by atoms with E-state index in [1.165, 1.54) is 18.2 Å². The molecule has 0 saturated carbocycles. The molecule has 0 unspecified atom stereocenters. The van der Waals surface area contributed by atoms with Crippen molar-refractivity contribution in [1.29, 1.82) is 0 Å². The van der Waals surface area contributed by atoms with Gasteiger partial charge in [-0.05, 0) is 25.1 Å². The molecule has 4 rings (SSSR count). The molecule has 12 heteroatoms. The molecule has 0 radical (unpaired) electrons. The van der Waals surface area contributed by atoms with E-state index in [1.54, 1.807) is 23.6 Å². The molecule has 2 heterocycles. The second-order valence-corrected chi connectivity index (χ2v) is 7.73. The lowest BCUT2D eigenvalue weighted by Gasteiger charge is -2.10. The number of anilines is 1. The number of imidazole rings is 1. The van der Waals surface area contributed by atoms with E-state index in [1.807, 2.05) is 0 Å². The molecular formula is C20H12F4N4O3S. The summed E-state index contributed by atoms with van der Waals surface area (Å²) in [6.45, 7) is 1.63. The number of carbonyl (C=O) groups is 1. The van der Waals surface area contributed by atoms with Crippen molar-refractivity contribution in [3.8, 4) is 11.3 Å². The zero-order chi connectivity index (χ0) is 23.2. The smallest absolute Gasteiger partial charge is 0.321 e. The zero-order valence-corrected chi connectivity index (χ0v) is 16.9. The summed E-state index contributed by atoms with van der Waals surface area (Å²) in [4.78, 5) is 28.1. The van der Waals surface area contributed by atoms with E-state index in [2.05, 4.69) is 10.3 Å². The van der Waals surface area contributed by atoms with Crippen LogP contribution in [0.1, 0.15) is 20.9 Å². The summed E-state index contributed by atoms with van der Waals surface area (Å²) in [5.74, 6) is -2.11. The fourth-order valence-electron chi connectivity index (χ4n) is 3.09. The maximum atomic E-state index is 13.5. The minimum Gasteiger partial charge on any atom is -0.321 e. The zero-order valence-electron chi connectivity index (χ0n) is 16.1. The number of fused-ring (bicyclic) bond motifs is 1. The largest absolute Gasteiger partial charge is 0.419 e. The van der Waals surface area contributed by atoms with E-state index >= 15 is 0 Å². The summed E-state index contributed by atoms with van der Waals surface area (Å²) in [5.41, 5.74) is -0.311. The Kier molecular flexibility index (Phi) is 5.17. The topological polar surface area (TPSA) is 89.5 Å². The number of nitrogens with one attached hydrogen (secondary N) is 1. The molecule has 32 heavy (non-hydrogen) atoms. The van der Waals surface area contributed by atoms with Crippen molar-refractivity contribution in [2.45, 2.75) is 13.1 Å². The number of nitrogens with zero attached hydrogens (tertiary/aromatic N) is 3. The summed E-state index contributed by atoms with van der Waals surface area (Å²) in [6.07, 6.45) is -3.29. The Labute approximate surface area is 181 Å². The third-order valence-corrected chi connectivity index (χ3v) is 5.80. The standard InChI is InChI=1S/C20H12F4N4O3S/c1-10-17(18(29)25-12-5-6-15(21)14(8-12)20(22,23)24)32-19-26-16(9-27(10)19)11-3-2-4-13(7-11)28(30)31/h2-9H,1H3,(H,25,29). The molecule has 1 amide bonds. The minimum atomic E-state index is -4.90. The molecule has 4 aromatic rings. The summed E-state index contributed by atoms with van der Waals surface area (Å²) < 4.78 is 53.8. The number of rotatable bonds is 4. The van der Waals surface area contributed by atoms with Crippen LogP contribution in [0.3, 0.4) is 0 Å². The van der Waals surface area contributed by atoms with E-state index in [4.69, 9.17) is 0 Å². The molecule has 0 bridgehead atoms. The van der Waals surface area contributed by atoms with Crippen molar-refractivity contribution in [2.75, 3.05) is 5.32 Å². The Hall–Kier alpha value is -3.80. The van der Waals surface area contributed by atoms with Gasteiger partial charge in [0, 0.05) is 35.3 Å². The Balaban J connectivity index is 1.63. The first-order valence-corrected chi connectivity index (χ1v) is 9.77. The quantitative estimate of drug-likeness (QED) is 0.239. The lowest BCUT2D eigenvalue weighted by Crippen LogP contribution is -2.14. The van der Waals surface area contributed by atoms with Gasteiger partial charge in [-0.15, -0.1) is 0 Å². The number of hydrogen-bond donors (Lipinski definition) is 1. The first-order valence-electron chi connectivity index (χ1n) is 8.96. The van der Waals surface area contributed by atoms with Crippen LogP contribution >= 0.6 is 11.3 Å². The molecule has 0 atom stereocenters. The molecule has 2 aromatic heterocycles. The number of alkyl halides is 3. The van der Waals surface area contributed by atoms with Crippen LogP contribution in [0.4, 0.5) is 28.9 Å². The van der Waals surface area contributed by atoms with E-state index in [-0.39, 0.29) is 16.3 Å². The second kappa shape index (κ2) is 7.71. The van der Waals surface area contributed by atoms with E-state index in [0.29, 0.717) is 34.0 Å². The SMILES string of the molecule is Cc1c(C(=O)Nc2ccc(F)c(C(F)(F)F)c2)sc2nc(-c3cccc([N+](=O)[O-])c3)cn12. The highest BCUT2D eigenvalue weighted by molar-refractivity contribution is 7.19. The summed E-state index contributed by atoms with van der Waals surface area (Å²) in [6, 6.07) is 8.13. The van der Waals surface area contributed by atoms with Gasteiger partial charge in [0.15, 0.2) is 4.96 Å². The van der Waals surface area contributed by atoms with Gasteiger partial charge in [0.1, 0.15) is 10.7 Å². The van der Waals surface area contributed by atoms with Crippen LogP contribution in [-0.2, 0) is 6.18 Å². The lowest BCUT2D eigenvalue weighted by molar-refractivity contribution is -0.384. The van der Waals surface area contributed by atoms with Gasteiger partial charge in [0.2, 0.25) is 0 Å². The average Bonchev–Trinajstić information content (AvgIpc) is 3.28. The van der Waals surface area contributed by atoms with Gasteiger partial charge >= 0.3 is 6.18 Å². The van der Waals surface area contributed by atoms with Crippen LogP contribution in [-0.4, -0.2) is 20.2 Å². The van der Waals surface area contributed by atoms with E-state index in [9.17, 15) is 32.5 Å². The maximum absolute atomic E-state index is 13.5. The minimum absolute atomic E-state index is 0.0897. The number of amides is 1. The van der Waals surface area contributed by atoms with Gasteiger partial charge in [0.25, 0.3) is 11.6 Å². The lowest BCUT2D eigenvalue weighted by atomic mass is 10.1. The Morgan fingerprint density at radius 1 is 1.22 bits per heavy atom. The first-order chi connectivity index (χ1) is 15.0. The van der Waals surface area contributed by atoms with Crippen molar-refractivity contribution in [1.82, 2.24) is 9.38 Å². The number of halogens is 4. The first kappa shape index (κ1) is 21.4. The molecule has 1 N–H and O–H groups in total. The van der Waals surface area contributed by atoms with Crippen LogP contribution in [0.5, 0.6) is 0 Å². The van der Waals surface area contributed by atoms with Gasteiger partial charge in [0.05, 0.1) is 16.2 Å². The molecule has 0 aliphatic heterocycles. The van der Waals surface area contributed by atoms with Crippen molar-refractivity contribution >= 4 is 33.6 Å². The molecular weight excluding hydrogens is 452 g/mol. The number of hydrogen-bond acceptors (Lipinski definition) is 5. The van der Waals surface area contributed by atoms with Crippen molar-refractivity contribution in [2.24, 2.45) is 0 Å². The number of carbonyl (C=O) groups excluding carboxylic acids is 1. The molecule has 0 spiro atoms. The summed E-state index contributed by atoms with van der Waals surface area (Å²) >= 11 is 1.000. The number of thiazole rings is 1.